The third-order valence-electron chi connectivity index (χ3n) is 3.12. The fraction of sp³-hybridized carbons (Fsp3) is 0.900. The van der Waals surface area contributed by atoms with Gasteiger partial charge in [0.05, 0.1) is 6.04 Å². The molecule has 0 spiro atoms. The highest BCUT2D eigenvalue weighted by molar-refractivity contribution is 5.81. The zero-order chi connectivity index (χ0) is 9.90. The van der Waals surface area contributed by atoms with Crippen molar-refractivity contribution >= 4 is 5.91 Å². The number of hydrogen-bond acceptors (Lipinski definition) is 2. The molecule has 3 heteroatoms. The van der Waals surface area contributed by atoms with E-state index >= 15 is 0 Å². The molecule has 0 bridgehead atoms. The summed E-state index contributed by atoms with van der Waals surface area (Å²) in [5.74, 6) is 0.00206. The van der Waals surface area contributed by atoms with Crippen LogP contribution in [0.4, 0.5) is 0 Å². The quantitative estimate of drug-likeness (QED) is 0.670. The van der Waals surface area contributed by atoms with Crippen LogP contribution in [0.2, 0.25) is 0 Å². The first-order valence-electron chi connectivity index (χ1n) is 5.17. The number of carbonyl (C=O) groups is 1. The van der Waals surface area contributed by atoms with Crippen LogP contribution in [0.1, 0.15) is 39.5 Å². The summed E-state index contributed by atoms with van der Waals surface area (Å²) in [4.78, 5) is 11.3. The predicted octanol–water partition coefficient (Wildman–Crippen LogP) is 1.03. The monoisotopic (exact) mass is 184 g/mol. The number of nitrogens with two attached hydrogens (primary N) is 1. The molecule has 0 radical (unpaired) electrons. The second-order valence-corrected chi connectivity index (χ2v) is 4.09. The van der Waals surface area contributed by atoms with E-state index in [9.17, 15) is 4.79 Å². The molecule has 13 heavy (non-hydrogen) atoms. The normalized spacial score (nSPS) is 20.8. The largest absolute Gasteiger partial charge is 0.354 e. The predicted molar refractivity (Wildman–Crippen MR) is 53.2 cm³/mol. The van der Waals surface area contributed by atoms with Crippen molar-refractivity contribution < 1.29 is 4.79 Å². The Morgan fingerprint density at radius 2 is 2.15 bits per heavy atom. The van der Waals surface area contributed by atoms with Gasteiger partial charge in [0.1, 0.15) is 0 Å². The first kappa shape index (κ1) is 10.5. The summed E-state index contributed by atoms with van der Waals surface area (Å²) >= 11 is 0. The Kier molecular flexibility index (Phi) is 3.31. The standard InChI is InChI=1S/C10H20N2O/c1-3-8(11)9(13)12-7-10(4-2)5-6-10/h8H,3-7,11H2,1-2H3,(H,12,13)/t8-/m0/s1. The van der Waals surface area contributed by atoms with E-state index in [4.69, 9.17) is 5.73 Å². The zero-order valence-electron chi connectivity index (χ0n) is 8.60. The zero-order valence-corrected chi connectivity index (χ0v) is 8.60. The Morgan fingerprint density at radius 1 is 1.54 bits per heavy atom. The van der Waals surface area contributed by atoms with E-state index in [0.29, 0.717) is 11.8 Å². The lowest BCUT2D eigenvalue weighted by Crippen LogP contribution is -2.42. The van der Waals surface area contributed by atoms with E-state index in [1.54, 1.807) is 0 Å². The van der Waals surface area contributed by atoms with Gasteiger partial charge >= 0.3 is 0 Å². The van der Waals surface area contributed by atoms with Gasteiger partial charge in [-0.1, -0.05) is 13.8 Å². The molecule has 76 valence electrons. The average Bonchev–Trinajstić information content (AvgIpc) is 2.93. The molecular weight excluding hydrogens is 164 g/mol. The van der Waals surface area contributed by atoms with E-state index in [2.05, 4.69) is 12.2 Å². The van der Waals surface area contributed by atoms with Crippen LogP contribution in [0.3, 0.4) is 0 Å². The molecule has 0 unspecified atom stereocenters. The van der Waals surface area contributed by atoms with Gasteiger partial charge in [-0.2, -0.15) is 0 Å². The molecule has 0 aromatic rings. The van der Waals surface area contributed by atoms with Crippen LogP contribution in [-0.4, -0.2) is 18.5 Å². The van der Waals surface area contributed by atoms with E-state index < -0.39 is 0 Å². The highest BCUT2D eigenvalue weighted by Gasteiger charge is 2.40. The van der Waals surface area contributed by atoms with Crippen molar-refractivity contribution in [3.8, 4) is 0 Å². The summed E-state index contributed by atoms with van der Waals surface area (Å²) in [5, 5.41) is 2.92. The molecule has 0 saturated heterocycles. The second-order valence-electron chi connectivity index (χ2n) is 4.09. The smallest absolute Gasteiger partial charge is 0.236 e. The van der Waals surface area contributed by atoms with Crippen LogP contribution >= 0.6 is 0 Å². The van der Waals surface area contributed by atoms with Gasteiger partial charge in [-0.3, -0.25) is 4.79 Å². The maximum Gasteiger partial charge on any atom is 0.236 e. The summed E-state index contributed by atoms with van der Waals surface area (Å²) < 4.78 is 0. The fourth-order valence-corrected chi connectivity index (χ4v) is 1.42. The number of amides is 1. The average molecular weight is 184 g/mol. The van der Waals surface area contributed by atoms with Gasteiger partial charge in [0.2, 0.25) is 5.91 Å². The van der Waals surface area contributed by atoms with Gasteiger partial charge in [-0.25, -0.2) is 0 Å². The minimum atomic E-state index is -0.326. The third kappa shape index (κ3) is 2.69. The lowest BCUT2D eigenvalue weighted by atomic mass is 10.0. The van der Waals surface area contributed by atoms with Crippen molar-refractivity contribution in [3.05, 3.63) is 0 Å². The molecule has 0 aromatic heterocycles. The van der Waals surface area contributed by atoms with E-state index in [1.807, 2.05) is 6.92 Å². The number of carbonyl (C=O) groups excluding carboxylic acids is 1. The Labute approximate surface area is 80.1 Å². The summed E-state index contributed by atoms with van der Waals surface area (Å²) in [6.45, 7) is 4.92. The van der Waals surface area contributed by atoms with Crippen LogP contribution in [0.5, 0.6) is 0 Å². The molecule has 1 rings (SSSR count). The molecule has 0 aromatic carbocycles. The van der Waals surface area contributed by atoms with Crippen molar-refractivity contribution in [3.63, 3.8) is 0 Å². The molecule has 1 aliphatic rings. The van der Waals surface area contributed by atoms with Gasteiger partial charge in [0.25, 0.3) is 0 Å². The number of rotatable bonds is 5. The second kappa shape index (κ2) is 4.09. The molecule has 0 aliphatic heterocycles. The van der Waals surface area contributed by atoms with Gasteiger partial charge in [0, 0.05) is 6.54 Å². The summed E-state index contributed by atoms with van der Waals surface area (Å²) in [6.07, 6.45) is 4.38. The van der Waals surface area contributed by atoms with Crippen molar-refractivity contribution in [2.45, 2.75) is 45.6 Å². The van der Waals surface area contributed by atoms with Gasteiger partial charge in [0.15, 0.2) is 0 Å². The van der Waals surface area contributed by atoms with Crippen LogP contribution < -0.4 is 11.1 Å². The highest BCUT2D eigenvalue weighted by Crippen LogP contribution is 2.47. The van der Waals surface area contributed by atoms with Crippen LogP contribution in [0.25, 0.3) is 0 Å². The Morgan fingerprint density at radius 3 is 2.54 bits per heavy atom. The highest BCUT2D eigenvalue weighted by atomic mass is 16.2. The van der Waals surface area contributed by atoms with E-state index in [0.717, 1.165) is 13.0 Å². The van der Waals surface area contributed by atoms with Gasteiger partial charge in [-0.15, -0.1) is 0 Å². The van der Waals surface area contributed by atoms with Crippen LogP contribution in [0, 0.1) is 5.41 Å². The van der Waals surface area contributed by atoms with Crippen LogP contribution in [-0.2, 0) is 4.79 Å². The topological polar surface area (TPSA) is 55.1 Å². The number of nitrogens with one attached hydrogen (secondary N) is 1. The summed E-state index contributed by atoms with van der Waals surface area (Å²) in [6, 6.07) is -0.326. The van der Waals surface area contributed by atoms with E-state index in [1.165, 1.54) is 12.8 Å². The van der Waals surface area contributed by atoms with Crippen LogP contribution in [0.15, 0.2) is 0 Å². The van der Waals surface area contributed by atoms with Crippen molar-refractivity contribution in [2.24, 2.45) is 11.1 Å². The molecule has 1 amide bonds. The lowest BCUT2D eigenvalue weighted by molar-refractivity contribution is -0.122. The molecule has 1 saturated carbocycles. The van der Waals surface area contributed by atoms with Crippen molar-refractivity contribution in [1.29, 1.82) is 0 Å². The Hall–Kier alpha value is -0.570. The molecule has 3 nitrogen and oxygen atoms in total. The minimum absolute atomic E-state index is 0.00206. The number of hydrogen-bond donors (Lipinski definition) is 2. The first-order valence-corrected chi connectivity index (χ1v) is 5.17. The van der Waals surface area contributed by atoms with E-state index in [-0.39, 0.29) is 11.9 Å². The summed E-state index contributed by atoms with van der Waals surface area (Å²) in [5.41, 5.74) is 6.02. The van der Waals surface area contributed by atoms with Gasteiger partial charge < -0.3 is 11.1 Å². The Balaban J connectivity index is 2.22. The molecule has 1 atom stereocenters. The minimum Gasteiger partial charge on any atom is -0.354 e. The summed E-state index contributed by atoms with van der Waals surface area (Å²) in [7, 11) is 0. The maximum absolute atomic E-state index is 11.3. The maximum atomic E-state index is 11.3. The SMILES string of the molecule is CC[C@H](N)C(=O)NCC1(CC)CC1. The first-order chi connectivity index (χ1) is 6.13. The van der Waals surface area contributed by atoms with Crippen molar-refractivity contribution in [1.82, 2.24) is 5.32 Å². The molecule has 0 heterocycles. The molecule has 3 N–H and O–H groups in total. The lowest BCUT2D eigenvalue weighted by Gasteiger charge is -2.15. The van der Waals surface area contributed by atoms with Gasteiger partial charge in [-0.05, 0) is 31.1 Å². The Bertz CT molecular complexity index is 187. The molecule has 1 fully saturated rings. The fourth-order valence-electron chi connectivity index (χ4n) is 1.42. The molecular formula is C10H20N2O. The third-order valence-corrected chi connectivity index (χ3v) is 3.12. The molecule has 1 aliphatic carbocycles. The van der Waals surface area contributed by atoms with Crippen molar-refractivity contribution in [2.75, 3.05) is 6.54 Å².